The summed E-state index contributed by atoms with van der Waals surface area (Å²) in [7, 11) is 1.78. The lowest BCUT2D eigenvalue weighted by Crippen LogP contribution is -2.20. The number of carboxylic acid groups (broad SMARTS) is 1. The molecule has 1 amide bonds. The molecule has 0 aliphatic heterocycles. The number of nitrogens with one attached hydrogen (secondary N) is 2. The summed E-state index contributed by atoms with van der Waals surface area (Å²) in [5.74, 6) is 0.445. The Labute approximate surface area is 147 Å². The van der Waals surface area contributed by atoms with Crippen molar-refractivity contribution in [2.24, 2.45) is 7.05 Å². The Morgan fingerprint density at radius 3 is 2.81 bits per heavy atom. The van der Waals surface area contributed by atoms with Gasteiger partial charge in [0.25, 0.3) is 0 Å². The number of carbonyl (C=O) groups is 1. The number of amides is 1. The second-order valence-electron chi connectivity index (χ2n) is 5.50. The van der Waals surface area contributed by atoms with Crippen molar-refractivity contribution < 1.29 is 14.3 Å². The zero-order chi connectivity index (χ0) is 18.7. The third-order valence-electron chi connectivity index (χ3n) is 3.69. The first kappa shape index (κ1) is 17.3. The van der Waals surface area contributed by atoms with Crippen LogP contribution in [0.1, 0.15) is 11.1 Å². The van der Waals surface area contributed by atoms with Crippen LogP contribution in [-0.2, 0) is 13.6 Å². The normalized spacial score (nSPS) is 10.6. The summed E-state index contributed by atoms with van der Waals surface area (Å²) in [6, 6.07) is 4.90. The van der Waals surface area contributed by atoms with Gasteiger partial charge in [0, 0.05) is 25.9 Å². The molecule has 0 saturated heterocycles. The summed E-state index contributed by atoms with van der Waals surface area (Å²) in [5, 5.41) is 18.0. The van der Waals surface area contributed by atoms with Crippen LogP contribution < -0.4 is 10.6 Å². The third-order valence-corrected chi connectivity index (χ3v) is 3.69. The fourth-order valence-corrected chi connectivity index (χ4v) is 2.34. The predicted octanol–water partition coefficient (Wildman–Crippen LogP) is 2.23. The molecule has 3 rings (SSSR count). The molecule has 3 N–H and O–H groups in total. The lowest BCUT2D eigenvalue weighted by Gasteiger charge is -2.10. The van der Waals surface area contributed by atoms with E-state index in [0.29, 0.717) is 16.9 Å². The quantitative estimate of drug-likeness (QED) is 0.641. The summed E-state index contributed by atoms with van der Waals surface area (Å²) < 4.78 is 16.3. The van der Waals surface area contributed by atoms with E-state index in [2.05, 4.69) is 30.7 Å². The smallest absolute Gasteiger partial charge is 0.404 e. The lowest BCUT2D eigenvalue weighted by molar-refractivity contribution is 0.194. The molecule has 9 nitrogen and oxygen atoms in total. The number of aromatic nitrogens is 5. The highest BCUT2D eigenvalue weighted by molar-refractivity contribution is 5.65. The van der Waals surface area contributed by atoms with Crippen molar-refractivity contribution in [3.8, 4) is 11.4 Å². The van der Waals surface area contributed by atoms with E-state index in [-0.39, 0.29) is 23.9 Å². The molecule has 0 aliphatic rings. The molecule has 134 valence electrons. The van der Waals surface area contributed by atoms with Crippen molar-refractivity contribution in [1.82, 2.24) is 30.0 Å². The number of hydrogen-bond acceptors (Lipinski definition) is 6. The molecule has 1 aromatic carbocycles. The lowest BCUT2D eigenvalue weighted by atomic mass is 10.0. The summed E-state index contributed by atoms with van der Waals surface area (Å²) in [5.41, 5.74) is 1.07. The molecule has 0 unspecified atom stereocenters. The predicted molar refractivity (Wildman–Crippen MR) is 91.3 cm³/mol. The first-order chi connectivity index (χ1) is 12.4. The second-order valence-corrected chi connectivity index (χ2v) is 5.50. The molecule has 2 heterocycles. The van der Waals surface area contributed by atoms with Gasteiger partial charge in [-0.2, -0.15) is 10.1 Å². The Bertz CT molecular complexity index is 958. The van der Waals surface area contributed by atoms with Crippen molar-refractivity contribution in [1.29, 1.82) is 0 Å². The summed E-state index contributed by atoms with van der Waals surface area (Å²) >= 11 is 0. The first-order valence-electron chi connectivity index (χ1n) is 7.65. The van der Waals surface area contributed by atoms with E-state index < -0.39 is 11.9 Å². The molecule has 10 heteroatoms. The molecule has 3 aromatic rings. The molecule has 26 heavy (non-hydrogen) atoms. The fraction of sp³-hybridized carbons (Fsp3) is 0.188. The standard InChI is InChI=1S/C16H16FN7O2/c1-9-10(7-18-16(25)26)3-4-11(13(9)17)14-19-8-20-15(22-14)21-12-5-6-24(2)23-12/h3-6,8,18H,7H2,1-2H3,(H,25,26)(H,19,20,21,22,23). The van der Waals surface area contributed by atoms with Gasteiger partial charge in [0.1, 0.15) is 12.1 Å². The number of aryl methyl sites for hydroxylation is 1. The molecule has 0 atom stereocenters. The zero-order valence-electron chi connectivity index (χ0n) is 14.1. The van der Waals surface area contributed by atoms with Crippen LogP contribution in [0.3, 0.4) is 0 Å². The van der Waals surface area contributed by atoms with Crippen LogP contribution in [0, 0.1) is 12.7 Å². The van der Waals surface area contributed by atoms with E-state index in [1.807, 2.05) is 0 Å². The highest BCUT2D eigenvalue weighted by Gasteiger charge is 2.15. The molecule has 0 bridgehead atoms. The van der Waals surface area contributed by atoms with Crippen LogP contribution in [0.15, 0.2) is 30.7 Å². The molecule has 0 saturated carbocycles. The van der Waals surface area contributed by atoms with E-state index in [1.54, 1.807) is 37.0 Å². The van der Waals surface area contributed by atoms with Gasteiger partial charge in [0.2, 0.25) is 5.95 Å². The molecule has 0 radical (unpaired) electrons. The number of benzene rings is 1. The van der Waals surface area contributed by atoms with Crippen molar-refractivity contribution in [2.45, 2.75) is 13.5 Å². The van der Waals surface area contributed by atoms with E-state index in [1.165, 1.54) is 12.4 Å². The molecule has 0 aliphatic carbocycles. The maximum absolute atomic E-state index is 14.7. The monoisotopic (exact) mass is 357 g/mol. The van der Waals surface area contributed by atoms with Crippen molar-refractivity contribution in [3.63, 3.8) is 0 Å². The Morgan fingerprint density at radius 2 is 2.12 bits per heavy atom. The van der Waals surface area contributed by atoms with Crippen LogP contribution in [-0.4, -0.2) is 35.9 Å². The second kappa shape index (κ2) is 7.13. The van der Waals surface area contributed by atoms with Crippen LogP contribution in [0.25, 0.3) is 11.4 Å². The van der Waals surface area contributed by atoms with Gasteiger partial charge in [-0.25, -0.2) is 19.2 Å². The van der Waals surface area contributed by atoms with Gasteiger partial charge in [-0.3, -0.25) is 4.68 Å². The van der Waals surface area contributed by atoms with Gasteiger partial charge in [0.15, 0.2) is 11.6 Å². The number of anilines is 2. The average Bonchev–Trinajstić information content (AvgIpc) is 3.01. The van der Waals surface area contributed by atoms with Gasteiger partial charge in [0.05, 0.1) is 5.56 Å². The van der Waals surface area contributed by atoms with Gasteiger partial charge >= 0.3 is 6.09 Å². The number of hydrogen-bond donors (Lipinski definition) is 3. The van der Waals surface area contributed by atoms with Crippen LogP contribution in [0.4, 0.5) is 21.0 Å². The van der Waals surface area contributed by atoms with E-state index in [0.717, 1.165) is 0 Å². The van der Waals surface area contributed by atoms with E-state index in [4.69, 9.17) is 5.11 Å². The Morgan fingerprint density at radius 1 is 1.31 bits per heavy atom. The zero-order valence-corrected chi connectivity index (χ0v) is 14.1. The van der Waals surface area contributed by atoms with E-state index in [9.17, 15) is 9.18 Å². The Kier molecular flexibility index (Phi) is 4.74. The highest BCUT2D eigenvalue weighted by atomic mass is 19.1. The van der Waals surface area contributed by atoms with Crippen LogP contribution >= 0.6 is 0 Å². The third kappa shape index (κ3) is 3.74. The molecule has 0 spiro atoms. The number of halogens is 1. The van der Waals surface area contributed by atoms with Crippen molar-refractivity contribution in [3.05, 3.63) is 47.7 Å². The maximum atomic E-state index is 14.7. The molecule has 0 fully saturated rings. The molecular weight excluding hydrogens is 341 g/mol. The highest BCUT2D eigenvalue weighted by Crippen LogP contribution is 2.25. The van der Waals surface area contributed by atoms with Crippen molar-refractivity contribution >= 4 is 17.9 Å². The summed E-state index contributed by atoms with van der Waals surface area (Å²) in [6.45, 7) is 1.59. The summed E-state index contributed by atoms with van der Waals surface area (Å²) in [6.07, 6.45) is 1.87. The minimum absolute atomic E-state index is 0.0159. The van der Waals surface area contributed by atoms with Crippen molar-refractivity contribution in [2.75, 3.05) is 5.32 Å². The van der Waals surface area contributed by atoms with Crippen LogP contribution in [0.2, 0.25) is 0 Å². The minimum Gasteiger partial charge on any atom is -0.465 e. The van der Waals surface area contributed by atoms with Gasteiger partial charge in [-0.1, -0.05) is 6.07 Å². The van der Waals surface area contributed by atoms with E-state index >= 15 is 0 Å². The maximum Gasteiger partial charge on any atom is 0.404 e. The average molecular weight is 357 g/mol. The minimum atomic E-state index is -1.17. The fourth-order valence-electron chi connectivity index (χ4n) is 2.34. The van der Waals surface area contributed by atoms with Gasteiger partial charge in [-0.15, -0.1) is 0 Å². The Balaban J connectivity index is 1.88. The molecular formula is C16H16FN7O2. The molecule has 2 aromatic heterocycles. The number of rotatable bonds is 5. The summed E-state index contributed by atoms with van der Waals surface area (Å²) in [4.78, 5) is 22.9. The van der Waals surface area contributed by atoms with Gasteiger partial charge < -0.3 is 15.7 Å². The van der Waals surface area contributed by atoms with Crippen LogP contribution in [0.5, 0.6) is 0 Å². The SMILES string of the molecule is Cc1c(CNC(=O)O)ccc(-c2ncnc(Nc3ccn(C)n3)n2)c1F. The largest absolute Gasteiger partial charge is 0.465 e. The number of nitrogens with zero attached hydrogens (tertiary/aromatic N) is 5. The first-order valence-corrected chi connectivity index (χ1v) is 7.65. The van der Waals surface area contributed by atoms with Gasteiger partial charge in [-0.05, 0) is 24.1 Å². The topological polar surface area (TPSA) is 118 Å². The Hall–Kier alpha value is -3.56.